The van der Waals surface area contributed by atoms with Crippen LogP contribution in [0.2, 0.25) is 0 Å². The lowest BCUT2D eigenvalue weighted by molar-refractivity contribution is 0.0657. The summed E-state index contributed by atoms with van der Waals surface area (Å²) in [5, 5.41) is 3.40. The molecule has 1 saturated heterocycles. The van der Waals surface area contributed by atoms with E-state index in [1.165, 1.54) is 6.26 Å². The van der Waals surface area contributed by atoms with Crippen LogP contribution in [0.15, 0.2) is 50.6 Å². The maximum atomic E-state index is 12.5. The minimum Gasteiger partial charge on any atom is -0.468 e. The van der Waals surface area contributed by atoms with Gasteiger partial charge in [0.25, 0.3) is 5.91 Å². The topological polar surface area (TPSA) is 77.5 Å². The standard InChI is InChI=1S/C22H33N5O3.HI/c1-4-23-22(24-17-18(25(5-2)6-3)19-9-7-15-29-19)27-13-11-26(12-14-27)21(28)20-10-8-16-30-20;/h7-10,15-16,18H,4-6,11-14,17H2,1-3H3,(H,23,24);1H. The van der Waals surface area contributed by atoms with Crippen molar-refractivity contribution in [2.24, 2.45) is 4.99 Å². The smallest absolute Gasteiger partial charge is 0.289 e. The monoisotopic (exact) mass is 543 g/mol. The van der Waals surface area contributed by atoms with Crippen molar-refractivity contribution in [3.63, 3.8) is 0 Å². The average Bonchev–Trinajstić information content (AvgIpc) is 3.50. The second-order valence-electron chi connectivity index (χ2n) is 7.20. The largest absolute Gasteiger partial charge is 0.468 e. The highest BCUT2D eigenvalue weighted by atomic mass is 127. The van der Waals surface area contributed by atoms with Gasteiger partial charge in [-0.1, -0.05) is 13.8 Å². The van der Waals surface area contributed by atoms with Gasteiger partial charge >= 0.3 is 0 Å². The van der Waals surface area contributed by atoms with Gasteiger partial charge in [-0.05, 0) is 44.3 Å². The summed E-state index contributed by atoms with van der Waals surface area (Å²) in [6.07, 6.45) is 3.25. The van der Waals surface area contributed by atoms with E-state index in [1.807, 2.05) is 17.0 Å². The SMILES string of the molecule is CCNC(=NCC(c1ccco1)N(CC)CC)N1CCN(C(=O)c2ccco2)CC1.I. The van der Waals surface area contributed by atoms with Crippen molar-refractivity contribution in [3.8, 4) is 0 Å². The molecule has 1 amide bonds. The summed E-state index contributed by atoms with van der Waals surface area (Å²) in [4.78, 5) is 23.8. The second kappa shape index (κ2) is 12.7. The molecule has 9 heteroatoms. The first-order valence-corrected chi connectivity index (χ1v) is 10.8. The van der Waals surface area contributed by atoms with E-state index >= 15 is 0 Å². The van der Waals surface area contributed by atoms with E-state index in [-0.39, 0.29) is 35.9 Å². The Labute approximate surface area is 201 Å². The van der Waals surface area contributed by atoms with E-state index < -0.39 is 0 Å². The van der Waals surface area contributed by atoms with Gasteiger partial charge in [-0.25, -0.2) is 0 Å². The van der Waals surface area contributed by atoms with Crippen LogP contribution in [-0.2, 0) is 0 Å². The molecule has 172 valence electrons. The Morgan fingerprint density at radius 2 is 1.71 bits per heavy atom. The number of aliphatic imine (C=N–C) groups is 1. The van der Waals surface area contributed by atoms with E-state index in [2.05, 4.69) is 35.9 Å². The molecule has 31 heavy (non-hydrogen) atoms. The number of halogens is 1. The van der Waals surface area contributed by atoms with E-state index in [9.17, 15) is 4.79 Å². The van der Waals surface area contributed by atoms with Crippen LogP contribution in [0.3, 0.4) is 0 Å². The molecule has 0 spiro atoms. The summed E-state index contributed by atoms with van der Waals surface area (Å²) in [6.45, 7) is 12.4. The summed E-state index contributed by atoms with van der Waals surface area (Å²) in [6, 6.07) is 7.50. The van der Waals surface area contributed by atoms with Gasteiger partial charge in [-0.2, -0.15) is 0 Å². The Morgan fingerprint density at radius 1 is 1.06 bits per heavy atom. The predicted octanol–water partition coefficient (Wildman–Crippen LogP) is 3.30. The molecule has 0 aromatic carbocycles. The van der Waals surface area contributed by atoms with Crippen LogP contribution >= 0.6 is 24.0 Å². The molecule has 3 rings (SSSR count). The Kier molecular flexibility index (Phi) is 10.4. The van der Waals surface area contributed by atoms with Crippen LogP contribution in [0, 0.1) is 0 Å². The van der Waals surface area contributed by atoms with Gasteiger partial charge in [0.1, 0.15) is 5.76 Å². The van der Waals surface area contributed by atoms with E-state index in [0.717, 1.165) is 44.4 Å². The predicted molar refractivity (Wildman–Crippen MR) is 132 cm³/mol. The third kappa shape index (κ3) is 6.49. The molecule has 1 unspecified atom stereocenters. The molecule has 0 bridgehead atoms. The van der Waals surface area contributed by atoms with Gasteiger partial charge < -0.3 is 24.0 Å². The molecule has 0 aliphatic carbocycles. The number of carbonyl (C=O) groups excluding carboxylic acids is 1. The summed E-state index contributed by atoms with van der Waals surface area (Å²) >= 11 is 0. The van der Waals surface area contributed by atoms with Crippen LogP contribution in [0.25, 0.3) is 0 Å². The number of furan rings is 2. The van der Waals surface area contributed by atoms with Gasteiger partial charge in [0, 0.05) is 32.7 Å². The van der Waals surface area contributed by atoms with E-state index in [1.54, 1.807) is 18.4 Å². The first-order chi connectivity index (χ1) is 14.7. The summed E-state index contributed by atoms with van der Waals surface area (Å²) in [5.74, 6) is 2.16. The molecular formula is C22H34IN5O3. The lowest BCUT2D eigenvalue weighted by atomic mass is 10.2. The normalized spacial score (nSPS) is 15.7. The van der Waals surface area contributed by atoms with Gasteiger partial charge in [-0.3, -0.25) is 14.7 Å². The number of hydrogen-bond donors (Lipinski definition) is 1. The Morgan fingerprint density at radius 3 is 2.26 bits per heavy atom. The van der Waals surface area contributed by atoms with Crippen molar-refractivity contribution in [1.82, 2.24) is 20.0 Å². The van der Waals surface area contributed by atoms with Gasteiger partial charge in [-0.15, -0.1) is 24.0 Å². The molecule has 1 atom stereocenters. The quantitative estimate of drug-likeness (QED) is 0.313. The molecule has 1 fully saturated rings. The minimum absolute atomic E-state index is 0. The number of likely N-dealkylation sites (N-methyl/N-ethyl adjacent to an activating group) is 1. The van der Waals surface area contributed by atoms with Crippen LogP contribution < -0.4 is 5.32 Å². The second-order valence-corrected chi connectivity index (χ2v) is 7.20. The van der Waals surface area contributed by atoms with Gasteiger partial charge in [0.15, 0.2) is 11.7 Å². The highest BCUT2D eigenvalue weighted by Crippen LogP contribution is 2.21. The van der Waals surface area contributed by atoms with Crippen molar-refractivity contribution in [1.29, 1.82) is 0 Å². The van der Waals surface area contributed by atoms with E-state index in [0.29, 0.717) is 25.4 Å². The first kappa shape index (κ1) is 25.3. The maximum absolute atomic E-state index is 12.5. The third-order valence-corrected chi connectivity index (χ3v) is 5.47. The van der Waals surface area contributed by atoms with Crippen molar-refractivity contribution in [2.45, 2.75) is 26.8 Å². The first-order valence-electron chi connectivity index (χ1n) is 10.8. The number of nitrogens with one attached hydrogen (secondary N) is 1. The van der Waals surface area contributed by atoms with Gasteiger partial charge in [0.2, 0.25) is 0 Å². The molecule has 1 aliphatic heterocycles. The number of nitrogens with zero attached hydrogens (tertiary/aromatic N) is 4. The minimum atomic E-state index is -0.0546. The number of rotatable bonds is 8. The number of guanidine groups is 1. The molecular weight excluding hydrogens is 509 g/mol. The highest BCUT2D eigenvalue weighted by molar-refractivity contribution is 14.0. The van der Waals surface area contributed by atoms with E-state index in [4.69, 9.17) is 13.8 Å². The van der Waals surface area contributed by atoms with Crippen LogP contribution in [0.1, 0.15) is 43.1 Å². The number of amides is 1. The fourth-order valence-electron chi connectivity index (χ4n) is 3.81. The van der Waals surface area contributed by atoms with Gasteiger partial charge in [0.05, 0.1) is 25.1 Å². The van der Waals surface area contributed by atoms with Crippen molar-refractivity contribution < 1.29 is 13.6 Å². The molecule has 2 aromatic heterocycles. The van der Waals surface area contributed by atoms with Crippen molar-refractivity contribution in [3.05, 3.63) is 48.3 Å². The summed E-state index contributed by atoms with van der Waals surface area (Å²) in [7, 11) is 0. The fourth-order valence-corrected chi connectivity index (χ4v) is 3.81. The van der Waals surface area contributed by atoms with Crippen LogP contribution in [0.4, 0.5) is 0 Å². The van der Waals surface area contributed by atoms with Crippen LogP contribution in [-0.4, -0.2) is 78.9 Å². The Balaban J connectivity index is 0.00000341. The molecule has 3 heterocycles. The summed E-state index contributed by atoms with van der Waals surface area (Å²) < 4.78 is 10.9. The summed E-state index contributed by atoms with van der Waals surface area (Å²) in [5.41, 5.74) is 0. The zero-order valence-corrected chi connectivity index (χ0v) is 21.0. The molecule has 1 N–H and O–H groups in total. The van der Waals surface area contributed by atoms with Crippen molar-refractivity contribution >= 4 is 35.8 Å². The number of piperazine rings is 1. The number of hydrogen-bond acceptors (Lipinski definition) is 5. The fraction of sp³-hybridized carbons (Fsp3) is 0.545. The lowest BCUT2D eigenvalue weighted by Crippen LogP contribution is -2.54. The molecule has 1 aliphatic rings. The van der Waals surface area contributed by atoms with Crippen LogP contribution in [0.5, 0.6) is 0 Å². The lowest BCUT2D eigenvalue weighted by Gasteiger charge is -2.36. The van der Waals surface area contributed by atoms with Crippen molar-refractivity contribution in [2.75, 3.05) is 52.4 Å². The maximum Gasteiger partial charge on any atom is 0.289 e. The Hall–Kier alpha value is -2.01. The zero-order valence-electron chi connectivity index (χ0n) is 18.6. The third-order valence-electron chi connectivity index (χ3n) is 5.47. The highest BCUT2D eigenvalue weighted by Gasteiger charge is 2.26. The molecule has 0 saturated carbocycles. The average molecular weight is 543 g/mol. The molecule has 8 nitrogen and oxygen atoms in total. The molecule has 2 aromatic rings. The Bertz CT molecular complexity index is 782. The zero-order chi connectivity index (χ0) is 21.3. The molecule has 0 radical (unpaired) electrons. The number of carbonyl (C=O) groups is 1.